The summed E-state index contributed by atoms with van der Waals surface area (Å²) in [7, 11) is 0. The van der Waals surface area contributed by atoms with Gasteiger partial charge in [0, 0.05) is 6.42 Å². The van der Waals surface area contributed by atoms with E-state index in [1.54, 1.807) is 0 Å². The van der Waals surface area contributed by atoms with E-state index in [4.69, 9.17) is 0 Å². The van der Waals surface area contributed by atoms with Gasteiger partial charge in [0.1, 0.15) is 0 Å². The standard InChI is InChI=1S/C21H26.C3H6F2/c1-4-19-10-6-7-11-20(16-19)15-17(2)13-14-21-12-8-5-9-18(21)3;1-2-3(4)5/h5-15,17,19H,4,16H2,1-3H3;3H,2H2,1H3/b14-13-,20-15-;. The third-order valence-electron chi connectivity index (χ3n) is 4.38. The van der Waals surface area contributed by atoms with E-state index in [1.165, 1.54) is 30.0 Å². The lowest BCUT2D eigenvalue weighted by molar-refractivity contribution is 0.144. The number of halogens is 2. The fraction of sp³-hybridized carbons (Fsp3) is 0.417. The molecule has 1 aromatic rings. The molecule has 0 bridgehead atoms. The van der Waals surface area contributed by atoms with Gasteiger partial charge in [-0.15, -0.1) is 0 Å². The van der Waals surface area contributed by atoms with Crippen LogP contribution in [0.5, 0.6) is 0 Å². The van der Waals surface area contributed by atoms with Gasteiger partial charge >= 0.3 is 0 Å². The Morgan fingerprint density at radius 3 is 2.46 bits per heavy atom. The SMILES string of the molecule is CCC(F)F.CCC1C=CC=C/C(=C/C(C)/C=C\c2ccccc2C)C1. The van der Waals surface area contributed by atoms with Crippen molar-refractivity contribution in [3.8, 4) is 0 Å². The molecule has 1 aliphatic carbocycles. The number of aryl methyl sites for hydroxylation is 1. The van der Waals surface area contributed by atoms with Crippen molar-refractivity contribution in [1.82, 2.24) is 0 Å². The highest BCUT2D eigenvalue weighted by molar-refractivity contribution is 5.53. The number of allylic oxidation sites excluding steroid dienone is 7. The number of alkyl halides is 2. The predicted octanol–water partition coefficient (Wildman–Crippen LogP) is 7.77. The second kappa shape index (κ2) is 12.4. The predicted molar refractivity (Wildman–Crippen MR) is 110 cm³/mol. The van der Waals surface area contributed by atoms with Crippen LogP contribution in [0.3, 0.4) is 0 Å². The van der Waals surface area contributed by atoms with Gasteiger partial charge in [0.05, 0.1) is 0 Å². The summed E-state index contributed by atoms with van der Waals surface area (Å²) in [6, 6.07) is 8.52. The van der Waals surface area contributed by atoms with Crippen molar-refractivity contribution in [3.05, 3.63) is 77.4 Å². The normalized spacial score (nSPS) is 19.5. The van der Waals surface area contributed by atoms with Gasteiger partial charge in [-0.1, -0.05) is 93.1 Å². The number of benzene rings is 1. The zero-order chi connectivity index (χ0) is 19.4. The van der Waals surface area contributed by atoms with Gasteiger partial charge in [-0.3, -0.25) is 0 Å². The molecule has 0 amide bonds. The molecule has 2 rings (SSSR count). The molecule has 2 unspecified atom stereocenters. The lowest BCUT2D eigenvalue weighted by Crippen LogP contribution is -1.96. The molecule has 0 N–H and O–H groups in total. The first-order chi connectivity index (χ1) is 12.5. The van der Waals surface area contributed by atoms with Crippen LogP contribution in [0.15, 0.2) is 66.3 Å². The summed E-state index contributed by atoms with van der Waals surface area (Å²) in [5, 5.41) is 0. The molecule has 2 atom stereocenters. The summed E-state index contributed by atoms with van der Waals surface area (Å²) in [4.78, 5) is 0. The first-order valence-electron chi connectivity index (χ1n) is 9.53. The third-order valence-corrected chi connectivity index (χ3v) is 4.38. The Morgan fingerprint density at radius 1 is 1.15 bits per heavy atom. The molecule has 0 aliphatic heterocycles. The van der Waals surface area contributed by atoms with E-state index in [1.807, 2.05) is 0 Å². The Morgan fingerprint density at radius 2 is 1.85 bits per heavy atom. The van der Waals surface area contributed by atoms with Gasteiger partial charge < -0.3 is 0 Å². The molecule has 0 saturated carbocycles. The lowest BCUT2D eigenvalue weighted by atomic mass is 9.95. The Kier molecular flexibility index (Phi) is 10.5. The fourth-order valence-electron chi connectivity index (χ4n) is 2.67. The Bertz CT molecular complexity index is 635. The van der Waals surface area contributed by atoms with Crippen LogP contribution in [-0.4, -0.2) is 6.43 Å². The van der Waals surface area contributed by atoms with Crippen LogP contribution in [0.4, 0.5) is 8.78 Å². The second-order valence-corrected chi connectivity index (χ2v) is 6.73. The van der Waals surface area contributed by atoms with E-state index in [0.717, 1.165) is 6.42 Å². The van der Waals surface area contributed by atoms with Crippen LogP contribution in [-0.2, 0) is 0 Å². The van der Waals surface area contributed by atoms with Crippen molar-refractivity contribution in [3.63, 3.8) is 0 Å². The van der Waals surface area contributed by atoms with Gasteiger partial charge in [-0.2, -0.15) is 0 Å². The molecule has 1 aliphatic rings. The molecule has 0 heterocycles. The number of rotatable bonds is 5. The van der Waals surface area contributed by atoms with Crippen molar-refractivity contribution < 1.29 is 8.78 Å². The largest absolute Gasteiger partial charge is 0.238 e. The summed E-state index contributed by atoms with van der Waals surface area (Å²) < 4.78 is 21.5. The smallest absolute Gasteiger partial charge is 0.211 e. The average Bonchev–Trinajstić information content (AvgIpc) is 2.86. The van der Waals surface area contributed by atoms with E-state index in [-0.39, 0.29) is 6.42 Å². The van der Waals surface area contributed by atoms with Gasteiger partial charge in [-0.25, -0.2) is 8.78 Å². The summed E-state index contributed by atoms with van der Waals surface area (Å²) in [5.74, 6) is 1.14. The maximum Gasteiger partial charge on any atom is 0.238 e. The first-order valence-corrected chi connectivity index (χ1v) is 9.53. The first kappa shape index (κ1) is 22.1. The van der Waals surface area contributed by atoms with Gasteiger partial charge in [0.25, 0.3) is 0 Å². The van der Waals surface area contributed by atoms with E-state index in [0.29, 0.717) is 11.8 Å². The van der Waals surface area contributed by atoms with Crippen LogP contribution < -0.4 is 0 Å². The molecule has 26 heavy (non-hydrogen) atoms. The number of hydrogen-bond donors (Lipinski definition) is 0. The highest BCUT2D eigenvalue weighted by atomic mass is 19.3. The van der Waals surface area contributed by atoms with Crippen molar-refractivity contribution in [2.45, 2.75) is 53.4 Å². The Balaban J connectivity index is 0.000000597. The molecule has 0 radical (unpaired) electrons. The van der Waals surface area contributed by atoms with Gasteiger partial charge in [-0.05, 0) is 42.7 Å². The molecule has 1 aromatic carbocycles. The van der Waals surface area contributed by atoms with Gasteiger partial charge in [0.15, 0.2) is 0 Å². The molecule has 2 heteroatoms. The average molecular weight is 359 g/mol. The molecule has 142 valence electrons. The summed E-state index contributed by atoms with van der Waals surface area (Å²) in [6.45, 7) is 8.13. The quantitative estimate of drug-likeness (QED) is 0.504. The van der Waals surface area contributed by atoms with Gasteiger partial charge in [0.2, 0.25) is 6.43 Å². The summed E-state index contributed by atoms with van der Waals surface area (Å²) >= 11 is 0. The monoisotopic (exact) mass is 358 g/mol. The highest BCUT2D eigenvalue weighted by Crippen LogP contribution is 2.22. The van der Waals surface area contributed by atoms with Crippen LogP contribution in [0.25, 0.3) is 6.08 Å². The van der Waals surface area contributed by atoms with E-state index in [2.05, 4.69) is 87.6 Å². The number of hydrogen-bond acceptors (Lipinski definition) is 0. The van der Waals surface area contributed by atoms with Crippen LogP contribution in [0, 0.1) is 18.8 Å². The maximum absolute atomic E-state index is 10.8. The summed E-state index contributed by atoms with van der Waals surface area (Å²) in [5.41, 5.74) is 4.10. The maximum atomic E-state index is 10.8. The molecule has 0 spiro atoms. The second-order valence-electron chi connectivity index (χ2n) is 6.73. The van der Waals surface area contributed by atoms with Crippen LogP contribution >= 0.6 is 0 Å². The topological polar surface area (TPSA) is 0 Å². The zero-order valence-electron chi connectivity index (χ0n) is 16.5. The van der Waals surface area contributed by atoms with E-state index >= 15 is 0 Å². The molecular weight excluding hydrogens is 326 g/mol. The zero-order valence-corrected chi connectivity index (χ0v) is 16.5. The van der Waals surface area contributed by atoms with Crippen molar-refractivity contribution in [2.24, 2.45) is 11.8 Å². The minimum atomic E-state index is -2.12. The summed E-state index contributed by atoms with van der Waals surface area (Å²) in [6.07, 6.45) is 16.1. The lowest BCUT2D eigenvalue weighted by Gasteiger charge is -2.10. The Hall–Kier alpha value is -1.96. The molecular formula is C24H32F2. The van der Waals surface area contributed by atoms with Crippen molar-refractivity contribution in [2.75, 3.05) is 0 Å². The van der Waals surface area contributed by atoms with E-state index < -0.39 is 6.43 Å². The van der Waals surface area contributed by atoms with Crippen molar-refractivity contribution >= 4 is 6.08 Å². The minimum Gasteiger partial charge on any atom is -0.211 e. The minimum absolute atomic E-state index is 0.0278. The molecule has 0 saturated heterocycles. The third kappa shape index (κ3) is 8.94. The van der Waals surface area contributed by atoms with Crippen LogP contribution in [0.2, 0.25) is 0 Å². The Labute approximate surface area is 158 Å². The molecule has 0 nitrogen and oxygen atoms in total. The van der Waals surface area contributed by atoms with Crippen LogP contribution in [0.1, 0.15) is 51.2 Å². The fourth-order valence-corrected chi connectivity index (χ4v) is 2.67. The van der Waals surface area contributed by atoms with E-state index in [9.17, 15) is 8.78 Å². The molecule has 0 fully saturated rings. The molecule has 0 aromatic heterocycles. The van der Waals surface area contributed by atoms with Crippen molar-refractivity contribution in [1.29, 1.82) is 0 Å². The highest BCUT2D eigenvalue weighted by Gasteiger charge is 2.07.